The smallest absolute Gasteiger partial charge is 0.258 e. The summed E-state index contributed by atoms with van der Waals surface area (Å²) in [5.41, 5.74) is 4.47. The fourth-order valence-corrected chi connectivity index (χ4v) is 2.42. The van der Waals surface area contributed by atoms with Gasteiger partial charge in [-0.15, -0.1) is 0 Å². The third kappa shape index (κ3) is 4.34. The average molecular weight is 362 g/mol. The van der Waals surface area contributed by atoms with Crippen LogP contribution in [0.1, 0.15) is 22.3 Å². The van der Waals surface area contributed by atoms with Gasteiger partial charge < -0.3 is 10.1 Å². The zero-order valence-corrected chi connectivity index (χ0v) is 14.7. The molecule has 0 aliphatic heterocycles. The van der Waals surface area contributed by atoms with E-state index in [1.54, 1.807) is 0 Å². The number of aryl methyl sites for hydroxylation is 3. The second-order valence-electron chi connectivity index (χ2n) is 5.36. The fraction of sp³-hybridized carbons (Fsp3) is 0.278. The Kier molecular flexibility index (Phi) is 5.61. The molecule has 0 aromatic heterocycles. The van der Waals surface area contributed by atoms with Crippen LogP contribution in [-0.4, -0.2) is 12.5 Å². The van der Waals surface area contributed by atoms with Crippen LogP contribution in [0.4, 0.5) is 0 Å². The molecule has 1 amide bonds. The lowest BCUT2D eigenvalue weighted by atomic mass is 10.1. The maximum absolute atomic E-state index is 11.9. The van der Waals surface area contributed by atoms with Crippen LogP contribution >= 0.6 is 15.9 Å². The first-order valence-electron chi connectivity index (χ1n) is 7.18. The van der Waals surface area contributed by atoms with Crippen molar-refractivity contribution in [2.75, 3.05) is 6.61 Å². The van der Waals surface area contributed by atoms with Crippen molar-refractivity contribution in [2.45, 2.75) is 27.3 Å². The molecule has 0 heterocycles. The Bertz CT molecular complexity index is 660. The Morgan fingerprint density at radius 3 is 2.36 bits per heavy atom. The molecule has 0 radical (unpaired) electrons. The summed E-state index contributed by atoms with van der Waals surface area (Å²) in [6.07, 6.45) is 0. The summed E-state index contributed by atoms with van der Waals surface area (Å²) >= 11 is 3.52. The number of rotatable bonds is 5. The Morgan fingerprint density at radius 1 is 1.09 bits per heavy atom. The minimum atomic E-state index is -0.124. The fourth-order valence-electron chi connectivity index (χ4n) is 2.19. The Hall–Kier alpha value is -1.81. The number of ether oxygens (including phenoxy) is 1. The van der Waals surface area contributed by atoms with Gasteiger partial charge in [0.25, 0.3) is 5.91 Å². The number of hydrogen-bond donors (Lipinski definition) is 1. The van der Waals surface area contributed by atoms with E-state index in [0.717, 1.165) is 21.2 Å². The first kappa shape index (κ1) is 16.6. The van der Waals surface area contributed by atoms with Crippen molar-refractivity contribution in [2.24, 2.45) is 0 Å². The maximum atomic E-state index is 11.9. The number of amides is 1. The van der Waals surface area contributed by atoms with Crippen molar-refractivity contribution >= 4 is 21.8 Å². The van der Waals surface area contributed by atoms with E-state index in [1.165, 1.54) is 5.56 Å². The highest BCUT2D eigenvalue weighted by molar-refractivity contribution is 9.10. The first-order valence-corrected chi connectivity index (χ1v) is 7.97. The summed E-state index contributed by atoms with van der Waals surface area (Å²) in [6.45, 7) is 6.58. The molecule has 0 spiro atoms. The van der Waals surface area contributed by atoms with Crippen LogP contribution < -0.4 is 10.1 Å². The molecule has 116 valence electrons. The highest BCUT2D eigenvalue weighted by Gasteiger charge is 2.07. The lowest BCUT2D eigenvalue weighted by Crippen LogP contribution is -2.28. The molecule has 2 rings (SSSR count). The van der Waals surface area contributed by atoms with E-state index in [2.05, 4.69) is 21.2 Å². The highest BCUT2D eigenvalue weighted by Crippen LogP contribution is 2.26. The zero-order valence-electron chi connectivity index (χ0n) is 13.1. The molecule has 0 aliphatic rings. The molecule has 0 aliphatic carbocycles. The lowest BCUT2D eigenvalue weighted by molar-refractivity contribution is -0.123. The average Bonchev–Trinajstić information content (AvgIpc) is 2.49. The van der Waals surface area contributed by atoms with Crippen molar-refractivity contribution in [1.82, 2.24) is 5.32 Å². The maximum Gasteiger partial charge on any atom is 0.258 e. The van der Waals surface area contributed by atoms with E-state index >= 15 is 0 Å². The standard InChI is InChI=1S/C18H20BrNO2/c1-12-6-4-5-7-15(12)10-20-17(21)11-22-16-8-13(2)18(19)14(3)9-16/h4-9H,10-11H2,1-3H3,(H,20,21). The topological polar surface area (TPSA) is 38.3 Å². The molecule has 0 bridgehead atoms. The first-order chi connectivity index (χ1) is 10.5. The van der Waals surface area contributed by atoms with Crippen LogP contribution in [-0.2, 0) is 11.3 Å². The van der Waals surface area contributed by atoms with Crippen LogP contribution in [0.25, 0.3) is 0 Å². The summed E-state index contributed by atoms with van der Waals surface area (Å²) in [7, 11) is 0. The molecular weight excluding hydrogens is 342 g/mol. The molecule has 0 atom stereocenters. The van der Waals surface area contributed by atoms with Crippen LogP contribution in [0, 0.1) is 20.8 Å². The summed E-state index contributed by atoms with van der Waals surface area (Å²) < 4.78 is 6.64. The Morgan fingerprint density at radius 2 is 1.73 bits per heavy atom. The van der Waals surface area contributed by atoms with Gasteiger partial charge in [0.2, 0.25) is 0 Å². The van der Waals surface area contributed by atoms with Crippen molar-refractivity contribution in [3.05, 3.63) is 63.1 Å². The molecule has 2 aromatic carbocycles. The quantitative estimate of drug-likeness (QED) is 0.871. The van der Waals surface area contributed by atoms with E-state index in [9.17, 15) is 4.79 Å². The normalized spacial score (nSPS) is 10.4. The van der Waals surface area contributed by atoms with E-state index in [-0.39, 0.29) is 12.5 Å². The summed E-state index contributed by atoms with van der Waals surface area (Å²) in [5, 5.41) is 2.88. The van der Waals surface area contributed by atoms with E-state index in [0.29, 0.717) is 12.3 Å². The van der Waals surface area contributed by atoms with Gasteiger partial charge in [-0.3, -0.25) is 4.79 Å². The summed E-state index contributed by atoms with van der Waals surface area (Å²) in [6, 6.07) is 11.8. The molecule has 0 saturated carbocycles. The molecule has 4 heteroatoms. The van der Waals surface area contributed by atoms with Gasteiger partial charge in [-0.1, -0.05) is 40.2 Å². The molecule has 0 fully saturated rings. The summed E-state index contributed by atoms with van der Waals surface area (Å²) in [4.78, 5) is 11.9. The predicted molar refractivity (Wildman–Crippen MR) is 92.1 cm³/mol. The zero-order chi connectivity index (χ0) is 16.1. The summed E-state index contributed by atoms with van der Waals surface area (Å²) in [5.74, 6) is 0.589. The van der Waals surface area contributed by atoms with Crippen molar-refractivity contribution < 1.29 is 9.53 Å². The van der Waals surface area contributed by atoms with E-state index in [4.69, 9.17) is 4.74 Å². The minimum Gasteiger partial charge on any atom is -0.484 e. The van der Waals surface area contributed by atoms with Gasteiger partial charge in [-0.25, -0.2) is 0 Å². The molecule has 3 nitrogen and oxygen atoms in total. The molecular formula is C18H20BrNO2. The van der Waals surface area contributed by atoms with Crippen molar-refractivity contribution in [1.29, 1.82) is 0 Å². The number of carbonyl (C=O) groups excluding carboxylic acids is 1. The number of carbonyl (C=O) groups is 1. The number of halogens is 1. The van der Waals surface area contributed by atoms with Crippen LogP contribution in [0.2, 0.25) is 0 Å². The second-order valence-corrected chi connectivity index (χ2v) is 6.16. The van der Waals surface area contributed by atoms with Crippen molar-refractivity contribution in [3.63, 3.8) is 0 Å². The van der Waals surface area contributed by atoms with E-state index < -0.39 is 0 Å². The van der Waals surface area contributed by atoms with E-state index in [1.807, 2.05) is 57.2 Å². The monoisotopic (exact) mass is 361 g/mol. The van der Waals surface area contributed by atoms with Gasteiger partial charge in [-0.2, -0.15) is 0 Å². The molecule has 0 unspecified atom stereocenters. The van der Waals surface area contributed by atoms with Gasteiger partial charge in [0, 0.05) is 11.0 Å². The Labute approximate surface area is 139 Å². The number of nitrogens with one attached hydrogen (secondary N) is 1. The Balaban J connectivity index is 1.87. The predicted octanol–water partition coefficient (Wildman–Crippen LogP) is 4.07. The van der Waals surface area contributed by atoms with Gasteiger partial charge in [-0.05, 0) is 55.2 Å². The van der Waals surface area contributed by atoms with Gasteiger partial charge in [0.15, 0.2) is 6.61 Å². The van der Waals surface area contributed by atoms with Crippen LogP contribution in [0.15, 0.2) is 40.9 Å². The largest absolute Gasteiger partial charge is 0.484 e. The van der Waals surface area contributed by atoms with Crippen LogP contribution in [0.3, 0.4) is 0 Å². The van der Waals surface area contributed by atoms with Crippen molar-refractivity contribution in [3.8, 4) is 5.75 Å². The lowest BCUT2D eigenvalue weighted by Gasteiger charge is -2.11. The van der Waals surface area contributed by atoms with Gasteiger partial charge in [0.05, 0.1) is 0 Å². The highest BCUT2D eigenvalue weighted by atomic mass is 79.9. The third-order valence-corrected chi connectivity index (χ3v) is 4.77. The molecule has 0 saturated heterocycles. The van der Waals surface area contributed by atoms with Crippen LogP contribution in [0.5, 0.6) is 5.75 Å². The molecule has 1 N–H and O–H groups in total. The van der Waals surface area contributed by atoms with Gasteiger partial charge >= 0.3 is 0 Å². The number of benzene rings is 2. The molecule has 22 heavy (non-hydrogen) atoms. The number of hydrogen-bond acceptors (Lipinski definition) is 2. The van der Waals surface area contributed by atoms with Gasteiger partial charge in [0.1, 0.15) is 5.75 Å². The third-order valence-electron chi connectivity index (χ3n) is 3.52. The molecule has 2 aromatic rings. The SMILES string of the molecule is Cc1ccccc1CNC(=O)COc1cc(C)c(Br)c(C)c1. The second kappa shape index (κ2) is 7.45. The minimum absolute atomic E-state index is 0.0202.